The molecule has 2 rings (SSSR count). The monoisotopic (exact) mass is 309 g/mol. The Bertz CT molecular complexity index is 641. The van der Waals surface area contributed by atoms with Crippen LogP contribution in [0, 0.1) is 11.3 Å². The maximum atomic E-state index is 9.28. The van der Waals surface area contributed by atoms with Gasteiger partial charge >= 0.3 is 0 Å². The van der Waals surface area contributed by atoms with Crippen molar-refractivity contribution in [2.75, 3.05) is 14.2 Å². The summed E-state index contributed by atoms with van der Waals surface area (Å²) < 4.78 is 10.5. The van der Waals surface area contributed by atoms with Gasteiger partial charge in [-0.25, -0.2) is 0 Å². The van der Waals surface area contributed by atoms with Gasteiger partial charge in [0.05, 0.1) is 20.3 Å². The van der Waals surface area contributed by atoms with Crippen LogP contribution >= 0.6 is 0 Å². The lowest BCUT2D eigenvalue weighted by atomic mass is 9.78. The summed E-state index contributed by atoms with van der Waals surface area (Å²) in [5, 5.41) is 9.28. The first-order valence-corrected chi connectivity index (χ1v) is 7.88. The van der Waals surface area contributed by atoms with Crippen molar-refractivity contribution in [1.29, 1.82) is 5.26 Å². The lowest BCUT2D eigenvalue weighted by molar-refractivity contribution is 0.413. The zero-order chi connectivity index (χ0) is 16.7. The molecule has 0 aliphatic heterocycles. The number of methoxy groups -OCH3 is 2. The summed E-state index contributed by atoms with van der Waals surface area (Å²) in [7, 11) is 3.33. The SMILES string of the molecule is CC[C@H](c1ccc(OC)cc1)[C@@H](CC#N)c1ccc(OC)cc1. The maximum Gasteiger partial charge on any atom is 0.118 e. The Hall–Kier alpha value is -2.47. The predicted molar refractivity (Wildman–Crippen MR) is 92.0 cm³/mol. The summed E-state index contributed by atoms with van der Waals surface area (Å²) in [6.45, 7) is 2.17. The molecule has 0 aliphatic carbocycles. The molecule has 2 aromatic rings. The summed E-state index contributed by atoms with van der Waals surface area (Å²) in [5.41, 5.74) is 2.42. The molecule has 2 aromatic carbocycles. The number of benzene rings is 2. The smallest absolute Gasteiger partial charge is 0.118 e. The van der Waals surface area contributed by atoms with Gasteiger partial charge in [0.2, 0.25) is 0 Å². The van der Waals surface area contributed by atoms with E-state index in [4.69, 9.17) is 9.47 Å². The molecule has 3 heteroatoms. The summed E-state index contributed by atoms with van der Waals surface area (Å²) >= 11 is 0. The van der Waals surface area contributed by atoms with Crippen LogP contribution in [0.2, 0.25) is 0 Å². The van der Waals surface area contributed by atoms with Crippen LogP contribution in [0.1, 0.15) is 42.7 Å². The minimum Gasteiger partial charge on any atom is -0.497 e. The van der Waals surface area contributed by atoms with E-state index in [-0.39, 0.29) is 5.92 Å². The average Bonchev–Trinajstić information content (AvgIpc) is 2.62. The van der Waals surface area contributed by atoms with Gasteiger partial charge < -0.3 is 9.47 Å². The molecule has 120 valence electrons. The van der Waals surface area contributed by atoms with Crippen molar-refractivity contribution in [3.05, 3.63) is 59.7 Å². The van der Waals surface area contributed by atoms with Crippen LogP contribution < -0.4 is 9.47 Å². The normalized spacial score (nSPS) is 13.0. The lowest BCUT2D eigenvalue weighted by Crippen LogP contribution is -2.11. The minimum atomic E-state index is 0.171. The van der Waals surface area contributed by atoms with Gasteiger partial charge in [-0.2, -0.15) is 5.26 Å². The Labute approximate surface area is 138 Å². The Morgan fingerprint density at radius 3 is 1.61 bits per heavy atom. The van der Waals surface area contributed by atoms with Crippen LogP contribution in [0.5, 0.6) is 11.5 Å². The molecule has 0 saturated heterocycles. The van der Waals surface area contributed by atoms with Crippen molar-refractivity contribution >= 4 is 0 Å². The predicted octanol–water partition coefficient (Wildman–Crippen LogP) is 4.89. The maximum absolute atomic E-state index is 9.28. The first-order valence-electron chi connectivity index (χ1n) is 7.88. The van der Waals surface area contributed by atoms with E-state index in [1.54, 1.807) is 14.2 Å². The largest absolute Gasteiger partial charge is 0.497 e. The second-order valence-corrected chi connectivity index (χ2v) is 5.53. The number of hydrogen-bond donors (Lipinski definition) is 0. The number of ether oxygens (including phenoxy) is 2. The zero-order valence-corrected chi connectivity index (χ0v) is 14.0. The number of nitriles is 1. The van der Waals surface area contributed by atoms with E-state index in [0.717, 1.165) is 17.9 Å². The zero-order valence-electron chi connectivity index (χ0n) is 14.0. The summed E-state index contributed by atoms with van der Waals surface area (Å²) in [4.78, 5) is 0. The fourth-order valence-electron chi connectivity index (χ4n) is 3.05. The molecule has 0 aliphatic rings. The highest BCUT2D eigenvalue weighted by Gasteiger charge is 2.23. The van der Waals surface area contributed by atoms with Gasteiger partial charge in [0.15, 0.2) is 0 Å². The highest BCUT2D eigenvalue weighted by atomic mass is 16.5. The molecule has 0 heterocycles. The first kappa shape index (κ1) is 16.9. The van der Waals surface area contributed by atoms with Crippen LogP contribution in [0.3, 0.4) is 0 Å². The van der Waals surface area contributed by atoms with Crippen LogP contribution in [0.4, 0.5) is 0 Å². The summed E-state index contributed by atoms with van der Waals surface area (Å²) in [6, 6.07) is 18.5. The average molecular weight is 309 g/mol. The number of hydrogen-bond acceptors (Lipinski definition) is 3. The van der Waals surface area contributed by atoms with Crippen molar-refractivity contribution in [3.8, 4) is 17.6 Å². The van der Waals surface area contributed by atoms with Crippen LogP contribution in [-0.4, -0.2) is 14.2 Å². The summed E-state index contributed by atoms with van der Waals surface area (Å²) in [5.74, 6) is 2.16. The Morgan fingerprint density at radius 2 is 1.26 bits per heavy atom. The molecular formula is C20H23NO2. The first-order chi connectivity index (χ1) is 11.2. The minimum absolute atomic E-state index is 0.171. The topological polar surface area (TPSA) is 42.2 Å². The van der Waals surface area contributed by atoms with E-state index in [0.29, 0.717) is 12.3 Å². The van der Waals surface area contributed by atoms with Gasteiger partial charge in [-0.3, -0.25) is 0 Å². The second-order valence-electron chi connectivity index (χ2n) is 5.53. The van der Waals surface area contributed by atoms with Crippen LogP contribution in [-0.2, 0) is 0 Å². The van der Waals surface area contributed by atoms with Crippen molar-refractivity contribution in [2.45, 2.75) is 31.6 Å². The molecular weight excluding hydrogens is 286 g/mol. The molecule has 2 atom stereocenters. The molecule has 0 fully saturated rings. The van der Waals surface area contributed by atoms with E-state index in [1.807, 2.05) is 24.3 Å². The highest BCUT2D eigenvalue weighted by Crippen LogP contribution is 2.38. The number of nitrogens with zero attached hydrogens (tertiary/aromatic N) is 1. The van der Waals surface area contributed by atoms with E-state index >= 15 is 0 Å². The van der Waals surface area contributed by atoms with Crippen molar-refractivity contribution in [1.82, 2.24) is 0 Å². The summed E-state index contributed by atoms with van der Waals surface area (Å²) in [6.07, 6.45) is 1.47. The standard InChI is InChI=1S/C20H23NO2/c1-4-19(15-5-9-17(22-2)10-6-15)20(13-14-21)16-7-11-18(23-3)12-8-16/h5-12,19-20H,4,13H2,1-3H3/t19-,20+/m1/s1. The molecule has 3 nitrogen and oxygen atoms in total. The molecule has 0 saturated carbocycles. The van der Waals surface area contributed by atoms with Gasteiger partial charge in [0.25, 0.3) is 0 Å². The van der Waals surface area contributed by atoms with Gasteiger partial charge in [-0.15, -0.1) is 0 Å². The molecule has 0 spiro atoms. The lowest BCUT2D eigenvalue weighted by Gasteiger charge is -2.25. The van der Waals surface area contributed by atoms with Crippen LogP contribution in [0.15, 0.2) is 48.5 Å². The highest BCUT2D eigenvalue weighted by molar-refractivity contribution is 5.35. The van der Waals surface area contributed by atoms with Crippen molar-refractivity contribution in [2.24, 2.45) is 0 Å². The van der Waals surface area contributed by atoms with E-state index < -0.39 is 0 Å². The van der Waals surface area contributed by atoms with Crippen molar-refractivity contribution < 1.29 is 9.47 Å². The Kier molecular flexibility index (Phi) is 6.05. The molecule has 0 bridgehead atoms. The molecule has 0 amide bonds. The second kappa shape index (κ2) is 8.24. The van der Waals surface area contributed by atoms with Gasteiger partial charge in [0.1, 0.15) is 11.5 Å². The fourth-order valence-corrected chi connectivity index (χ4v) is 3.05. The van der Waals surface area contributed by atoms with Gasteiger partial charge in [-0.05, 0) is 47.7 Å². The van der Waals surface area contributed by atoms with E-state index in [9.17, 15) is 5.26 Å². The third-order valence-corrected chi connectivity index (χ3v) is 4.32. The van der Waals surface area contributed by atoms with Gasteiger partial charge in [-0.1, -0.05) is 31.2 Å². The Balaban J connectivity index is 2.33. The fraction of sp³-hybridized carbons (Fsp3) is 0.350. The van der Waals surface area contributed by atoms with E-state index in [1.165, 1.54) is 11.1 Å². The van der Waals surface area contributed by atoms with Crippen molar-refractivity contribution in [3.63, 3.8) is 0 Å². The van der Waals surface area contributed by atoms with Crippen LogP contribution in [0.25, 0.3) is 0 Å². The van der Waals surface area contributed by atoms with E-state index in [2.05, 4.69) is 37.3 Å². The molecule has 0 aromatic heterocycles. The third-order valence-electron chi connectivity index (χ3n) is 4.32. The molecule has 0 unspecified atom stereocenters. The molecule has 23 heavy (non-hydrogen) atoms. The van der Waals surface area contributed by atoms with Gasteiger partial charge in [0, 0.05) is 12.3 Å². The quantitative estimate of drug-likeness (QED) is 0.731. The molecule has 0 radical (unpaired) electrons. The third kappa shape index (κ3) is 4.04. The Morgan fingerprint density at radius 1 is 0.826 bits per heavy atom. The number of rotatable bonds is 7. The molecule has 0 N–H and O–H groups in total.